The molecule has 172 valence electrons. The molecule has 0 saturated heterocycles. The highest BCUT2D eigenvalue weighted by Gasteiger charge is 2.30. The summed E-state index contributed by atoms with van der Waals surface area (Å²) in [6, 6.07) is 13.9. The molecule has 1 aliphatic rings. The third-order valence-corrected chi connectivity index (χ3v) is 5.74. The minimum Gasteiger partial charge on any atom is -0.480 e. The number of carbonyl (C=O) groups is 3. The number of fused-ring (bicyclic) bond motifs is 3. The second-order valence-electron chi connectivity index (χ2n) is 7.97. The molecule has 1 unspecified atom stereocenters. The Balaban J connectivity index is 1.65. The highest BCUT2D eigenvalue weighted by molar-refractivity contribution is 5.89. The van der Waals surface area contributed by atoms with E-state index in [-0.39, 0.29) is 18.9 Å². The molecule has 7 nitrogen and oxygen atoms in total. The van der Waals surface area contributed by atoms with Crippen LogP contribution in [0.1, 0.15) is 49.7 Å². The van der Waals surface area contributed by atoms with Crippen LogP contribution in [0.2, 0.25) is 0 Å². The zero-order valence-electron chi connectivity index (χ0n) is 18.5. The molecule has 0 heterocycles. The van der Waals surface area contributed by atoms with Gasteiger partial charge in [-0.2, -0.15) is 0 Å². The van der Waals surface area contributed by atoms with E-state index in [0.717, 1.165) is 28.7 Å². The van der Waals surface area contributed by atoms with Crippen molar-refractivity contribution in [1.29, 1.82) is 0 Å². The van der Waals surface area contributed by atoms with Crippen molar-refractivity contribution in [3.63, 3.8) is 0 Å². The molecule has 7 heteroatoms. The number of ether oxygens (including phenoxy) is 1. The zero-order chi connectivity index (χ0) is 23.8. The molecule has 0 aliphatic heterocycles. The van der Waals surface area contributed by atoms with E-state index in [1.165, 1.54) is 0 Å². The molecule has 0 bridgehead atoms. The van der Waals surface area contributed by atoms with Gasteiger partial charge in [-0.3, -0.25) is 4.79 Å². The molecule has 0 aromatic heterocycles. The van der Waals surface area contributed by atoms with Gasteiger partial charge in [-0.25, -0.2) is 9.59 Å². The summed E-state index contributed by atoms with van der Waals surface area (Å²) in [6.07, 6.45) is 6.16. The number of hydrogen-bond donors (Lipinski definition) is 3. The smallest absolute Gasteiger partial charge is 0.407 e. The lowest BCUT2D eigenvalue weighted by Gasteiger charge is -2.21. The predicted octanol–water partition coefficient (Wildman–Crippen LogP) is 3.68. The fraction of sp³-hybridized carbons (Fsp3) is 0.346. The monoisotopic (exact) mass is 448 g/mol. The van der Waals surface area contributed by atoms with Crippen LogP contribution in [-0.4, -0.2) is 41.8 Å². The molecule has 0 spiro atoms. The molecule has 3 rings (SSSR count). The molecular weight excluding hydrogens is 420 g/mol. The van der Waals surface area contributed by atoms with Crippen LogP contribution in [-0.2, 0) is 14.3 Å². The molecule has 2 amide bonds. The number of nitrogens with one attached hydrogen (secondary N) is 2. The molecule has 0 saturated carbocycles. The summed E-state index contributed by atoms with van der Waals surface area (Å²) >= 11 is 0. The number of hydrogen-bond acceptors (Lipinski definition) is 4. The highest BCUT2D eigenvalue weighted by Crippen LogP contribution is 2.44. The molecule has 2 atom stereocenters. The molecule has 1 aliphatic carbocycles. The van der Waals surface area contributed by atoms with E-state index >= 15 is 0 Å². The van der Waals surface area contributed by atoms with Crippen molar-refractivity contribution in [3.8, 4) is 23.5 Å². The lowest BCUT2D eigenvalue weighted by atomic mass is 9.98. The average molecular weight is 449 g/mol. The summed E-state index contributed by atoms with van der Waals surface area (Å²) in [7, 11) is 0. The van der Waals surface area contributed by atoms with Gasteiger partial charge < -0.3 is 20.5 Å². The summed E-state index contributed by atoms with van der Waals surface area (Å²) in [5, 5.41) is 14.2. The van der Waals surface area contributed by atoms with Gasteiger partial charge in [0.25, 0.3) is 0 Å². The van der Waals surface area contributed by atoms with Crippen molar-refractivity contribution in [3.05, 3.63) is 59.7 Å². The average Bonchev–Trinajstić information content (AvgIpc) is 3.13. The molecule has 0 fully saturated rings. The first kappa shape index (κ1) is 23.9. The van der Waals surface area contributed by atoms with Crippen LogP contribution in [0.25, 0.3) is 11.1 Å². The van der Waals surface area contributed by atoms with Crippen LogP contribution in [0.5, 0.6) is 0 Å². The largest absolute Gasteiger partial charge is 0.480 e. The maximum absolute atomic E-state index is 12.6. The normalized spacial score (nSPS) is 13.7. The Bertz CT molecular complexity index is 1010. The number of carbonyl (C=O) groups excluding carboxylic acids is 2. The lowest BCUT2D eigenvalue weighted by Crippen LogP contribution is -2.51. The van der Waals surface area contributed by atoms with Gasteiger partial charge in [0, 0.05) is 12.3 Å². The van der Waals surface area contributed by atoms with Crippen LogP contribution in [0.15, 0.2) is 48.5 Å². The number of benzene rings is 2. The molecule has 2 aromatic carbocycles. The highest BCUT2D eigenvalue weighted by atomic mass is 16.5. The maximum atomic E-state index is 12.6. The van der Waals surface area contributed by atoms with E-state index in [9.17, 15) is 19.5 Å². The third-order valence-electron chi connectivity index (χ3n) is 5.74. The van der Waals surface area contributed by atoms with Crippen molar-refractivity contribution in [2.45, 2.75) is 50.6 Å². The quantitative estimate of drug-likeness (QED) is 0.481. The van der Waals surface area contributed by atoms with Crippen molar-refractivity contribution < 1.29 is 24.2 Å². The maximum Gasteiger partial charge on any atom is 0.407 e. The van der Waals surface area contributed by atoms with Crippen molar-refractivity contribution >= 4 is 18.0 Å². The first-order valence-electron chi connectivity index (χ1n) is 11.0. The topological polar surface area (TPSA) is 105 Å². The Hall–Kier alpha value is -3.79. The van der Waals surface area contributed by atoms with Crippen molar-refractivity contribution in [1.82, 2.24) is 10.6 Å². The number of aliphatic carboxylic acids is 1. The Morgan fingerprint density at radius 3 is 2.18 bits per heavy atom. The minimum absolute atomic E-state index is 0.0990. The van der Waals surface area contributed by atoms with Crippen molar-refractivity contribution in [2.24, 2.45) is 0 Å². The summed E-state index contributed by atoms with van der Waals surface area (Å²) in [6.45, 7) is 2.08. The standard InChI is InChI=1S/C26H28N2O5/c1-3-5-15-22(24(29)27-23(10-4-2)25(30)31)28-26(32)33-16-21-19-13-8-6-11-17(19)18-12-7-9-14-20(18)21/h2,6-9,11-14,21-23H,3,5,10,15-16H2,1H3,(H,27,29)(H,28,32)(H,30,31)/t22-,23?/m0/s1. The van der Waals surface area contributed by atoms with Gasteiger partial charge in [0.1, 0.15) is 18.7 Å². The number of alkyl carbamates (subject to hydrolysis) is 1. The second-order valence-corrected chi connectivity index (χ2v) is 7.97. The minimum atomic E-state index is -1.23. The zero-order valence-corrected chi connectivity index (χ0v) is 18.5. The number of rotatable bonds is 10. The first-order valence-corrected chi connectivity index (χ1v) is 11.0. The molecular formula is C26H28N2O5. The van der Waals surface area contributed by atoms with Gasteiger partial charge in [0.2, 0.25) is 5.91 Å². The second kappa shape index (κ2) is 11.2. The predicted molar refractivity (Wildman–Crippen MR) is 125 cm³/mol. The van der Waals surface area contributed by atoms with Gasteiger partial charge >= 0.3 is 12.1 Å². The summed E-state index contributed by atoms with van der Waals surface area (Å²) in [5.41, 5.74) is 4.42. The molecule has 33 heavy (non-hydrogen) atoms. The van der Waals surface area contributed by atoms with E-state index in [4.69, 9.17) is 11.2 Å². The van der Waals surface area contributed by atoms with Gasteiger partial charge in [-0.15, -0.1) is 12.3 Å². The molecule has 0 radical (unpaired) electrons. The van der Waals surface area contributed by atoms with E-state index in [1.807, 2.05) is 43.3 Å². The molecule has 2 aromatic rings. The number of carboxylic acids is 1. The van der Waals surface area contributed by atoms with Gasteiger partial charge in [0.05, 0.1) is 0 Å². The van der Waals surface area contributed by atoms with Crippen LogP contribution in [0.3, 0.4) is 0 Å². The third kappa shape index (κ3) is 5.72. The van der Waals surface area contributed by atoms with E-state index < -0.39 is 30.1 Å². The van der Waals surface area contributed by atoms with Gasteiger partial charge in [-0.05, 0) is 28.7 Å². The first-order chi connectivity index (χ1) is 16.0. The van der Waals surface area contributed by atoms with Crippen LogP contribution < -0.4 is 10.6 Å². The SMILES string of the molecule is C#CCC(NC(=O)[C@H](CCCC)NC(=O)OCC1c2ccccc2-c2ccccc21)C(=O)O. The van der Waals surface area contributed by atoms with Crippen molar-refractivity contribution in [2.75, 3.05) is 6.61 Å². The van der Waals surface area contributed by atoms with Gasteiger partial charge in [-0.1, -0.05) is 68.3 Å². The van der Waals surface area contributed by atoms with E-state index in [1.54, 1.807) is 0 Å². The Morgan fingerprint density at radius 1 is 1.03 bits per heavy atom. The van der Waals surface area contributed by atoms with Crippen LogP contribution in [0, 0.1) is 12.3 Å². The Morgan fingerprint density at radius 2 is 1.64 bits per heavy atom. The summed E-state index contributed by atoms with van der Waals surface area (Å²) in [4.78, 5) is 36.5. The Labute approximate surface area is 193 Å². The number of unbranched alkanes of at least 4 members (excludes halogenated alkanes) is 1. The fourth-order valence-corrected chi connectivity index (χ4v) is 4.05. The summed E-state index contributed by atoms with van der Waals surface area (Å²) < 4.78 is 5.52. The number of carboxylic acid groups (broad SMARTS) is 1. The van der Waals surface area contributed by atoms with E-state index in [2.05, 4.69) is 28.7 Å². The molecule has 3 N–H and O–H groups in total. The van der Waals surface area contributed by atoms with Crippen LogP contribution >= 0.6 is 0 Å². The number of amides is 2. The van der Waals surface area contributed by atoms with Crippen LogP contribution in [0.4, 0.5) is 4.79 Å². The van der Waals surface area contributed by atoms with E-state index in [0.29, 0.717) is 12.8 Å². The fourth-order valence-electron chi connectivity index (χ4n) is 4.05. The van der Waals surface area contributed by atoms with Gasteiger partial charge in [0.15, 0.2) is 0 Å². The number of terminal acetylenes is 1. The summed E-state index contributed by atoms with van der Waals surface area (Å²) in [5.74, 6) is 0.316. The lowest BCUT2D eigenvalue weighted by molar-refractivity contribution is -0.142. The Kier molecular flexibility index (Phi) is 8.09.